The Bertz CT molecular complexity index is 780. The first-order chi connectivity index (χ1) is 14.0. The minimum Gasteiger partial charge on any atom is -1.00 e. The van der Waals surface area contributed by atoms with Gasteiger partial charge in [-0.1, -0.05) is 39.0 Å². The number of rotatable bonds is 12. The van der Waals surface area contributed by atoms with E-state index in [1.165, 1.54) is 0 Å². The van der Waals surface area contributed by atoms with Crippen LogP contribution in [0.25, 0.3) is 0 Å². The fraction of sp³-hybridized carbons (Fsp3) is 0.458. The summed E-state index contributed by atoms with van der Waals surface area (Å²) < 4.78 is 17.9. The Labute approximate surface area is 196 Å². The van der Waals surface area contributed by atoms with Crippen LogP contribution in [-0.4, -0.2) is 25.3 Å². The first kappa shape index (κ1) is 26.6. The zero-order valence-corrected chi connectivity index (χ0v) is 20.3. The van der Waals surface area contributed by atoms with Gasteiger partial charge >= 0.3 is 18.9 Å². The van der Waals surface area contributed by atoms with E-state index >= 15 is 0 Å². The van der Waals surface area contributed by atoms with E-state index in [9.17, 15) is 4.79 Å². The van der Waals surface area contributed by atoms with Gasteiger partial charge in [-0.2, -0.15) is 0 Å². The molecular formula is C24H34LiO4P. The Hall–Kier alpha value is -1.46. The fourth-order valence-corrected chi connectivity index (χ4v) is 4.27. The van der Waals surface area contributed by atoms with Gasteiger partial charge in [0.05, 0.1) is 25.1 Å². The van der Waals surface area contributed by atoms with Gasteiger partial charge in [0, 0.05) is 17.7 Å². The third-order valence-electron chi connectivity index (χ3n) is 4.38. The summed E-state index contributed by atoms with van der Waals surface area (Å²) in [5.41, 5.74) is 2.89. The minimum absolute atomic E-state index is 0. The van der Waals surface area contributed by atoms with Crippen LogP contribution in [0.3, 0.4) is 0 Å². The van der Waals surface area contributed by atoms with Gasteiger partial charge in [0.25, 0.3) is 0 Å². The Kier molecular flexibility index (Phi) is 12.2. The molecule has 0 saturated carbocycles. The Morgan fingerprint density at radius 3 is 1.80 bits per heavy atom. The predicted molar refractivity (Wildman–Crippen MR) is 123 cm³/mol. The van der Waals surface area contributed by atoms with Crippen LogP contribution in [0.1, 0.15) is 62.9 Å². The van der Waals surface area contributed by atoms with Gasteiger partial charge in [-0.3, -0.25) is 4.79 Å². The second kappa shape index (κ2) is 13.8. The van der Waals surface area contributed by atoms with Crippen molar-refractivity contribution in [1.29, 1.82) is 0 Å². The maximum atomic E-state index is 13.2. The largest absolute Gasteiger partial charge is 1.00 e. The van der Waals surface area contributed by atoms with Crippen molar-refractivity contribution in [3.8, 4) is 17.2 Å². The fourth-order valence-electron chi connectivity index (χ4n) is 2.99. The van der Waals surface area contributed by atoms with E-state index in [0.29, 0.717) is 31.3 Å². The van der Waals surface area contributed by atoms with E-state index in [4.69, 9.17) is 14.2 Å². The number of ether oxygens (including phenoxy) is 3. The average Bonchev–Trinajstić information content (AvgIpc) is 2.70. The molecule has 4 nitrogen and oxygen atoms in total. The van der Waals surface area contributed by atoms with Gasteiger partial charge in [-0.15, -0.1) is 0 Å². The van der Waals surface area contributed by atoms with Crippen LogP contribution in [0.15, 0.2) is 30.3 Å². The standard InChI is InChI=1S/C24H33O4P.Li.H/c1-6-12-26-19-15-20(27-13-7-2)23(21(16-19)28-14-8-3)29-24(25)22-17(4)10-9-11-18(22)5;;/h9-11,15-16,29H,6-8,12-14H2,1-5H3;;/q;+1;-1. The molecule has 0 N–H and O–H groups in total. The molecule has 160 valence electrons. The van der Waals surface area contributed by atoms with Crippen LogP contribution in [0.2, 0.25) is 0 Å². The quantitative estimate of drug-likeness (QED) is 0.388. The number of carbonyl (C=O) groups excluding carboxylic acids is 1. The molecule has 0 saturated heterocycles. The summed E-state index contributed by atoms with van der Waals surface area (Å²) >= 11 is 0. The molecule has 0 bridgehead atoms. The van der Waals surface area contributed by atoms with Crippen molar-refractivity contribution in [3.05, 3.63) is 47.0 Å². The molecule has 30 heavy (non-hydrogen) atoms. The SMILES string of the molecule is CCCOc1cc(OCCC)c(PC(=O)c2c(C)cccc2C)c(OCCC)c1.[H-].[Li+]. The molecule has 0 aliphatic carbocycles. The summed E-state index contributed by atoms with van der Waals surface area (Å²) in [4.78, 5) is 13.2. The Balaban J connectivity index is 0.00000450. The van der Waals surface area contributed by atoms with Crippen LogP contribution in [-0.2, 0) is 0 Å². The second-order valence-electron chi connectivity index (χ2n) is 7.06. The monoisotopic (exact) mass is 424 g/mol. The van der Waals surface area contributed by atoms with Gasteiger partial charge in [-0.05, 0) is 52.8 Å². The summed E-state index contributed by atoms with van der Waals surface area (Å²) in [7, 11) is -0.0771. The van der Waals surface area contributed by atoms with Gasteiger partial charge in [0.2, 0.25) is 0 Å². The summed E-state index contributed by atoms with van der Waals surface area (Å²) in [5, 5.41) is 0.823. The van der Waals surface area contributed by atoms with Crippen molar-refractivity contribution >= 4 is 19.4 Å². The number of benzene rings is 2. The number of aryl methyl sites for hydroxylation is 2. The molecule has 2 aromatic carbocycles. The van der Waals surface area contributed by atoms with E-state index in [-0.39, 0.29) is 34.4 Å². The van der Waals surface area contributed by atoms with E-state index in [1.807, 2.05) is 44.2 Å². The first-order valence-corrected chi connectivity index (χ1v) is 11.5. The molecule has 0 amide bonds. The molecule has 0 aliphatic rings. The molecular weight excluding hydrogens is 390 g/mol. The van der Waals surface area contributed by atoms with Crippen molar-refractivity contribution in [2.45, 2.75) is 53.9 Å². The van der Waals surface area contributed by atoms with Crippen LogP contribution >= 0.6 is 8.58 Å². The van der Waals surface area contributed by atoms with E-state index < -0.39 is 0 Å². The predicted octanol–water partition coefficient (Wildman–Crippen LogP) is 2.93. The van der Waals surface area contributed by atoms with Crippen molar-refractivity contribution in [1.82, 2.24) is 0 Å². The number of hydrogen-bond donors (Lipinski definition) is 0. The zero-order valence-electron chi connectivity index (χ0n) is 20.3. The smallest absolute Gasteiger partial charge is 1.00 e. The molecule has 2 rings (SSSR count). The Morgan fingerprint density at radius 2 is 1.33 bits per heavy atom. The summed E-state index contributed by atoms with van der Waals surface area (Å²) in [6.07, 6.45) is 2.70. The molecule has 0 aromatic heterocycles. The zero-order chi connectivity index (χ0) is 21.2. The average molecular weight is 424 g/mol. The third-order valence-corrected chi connectivity index (χ3v) is 5.60. The van der Waals surface area contributed by atoms with Crippen LogP contribution < -0.4 is 38.4 Å². The molecule has 0 aliphatic heterocycles. The number of hydrogen-bond acceptors (Lipinski definition) is 4. The molecule has 1 atom stereocenters. The first-order valence-electron chi connectivity index (χ1n) is 10.5. The Morgan fingerprint density at radius 1 is 0.867 bits per heavy atom. The molecule has 0 fully saturated rings. The van der Waals surface area contributed by atoms with Crippen LogP contribution in [0.5, 0.6) is 17.2 Å². The van der Waals surface area contributed by atoms with E-state index in [0.717, 1.165) is 47.0 Å². The van der Waals surface area contributed by atoms with Crippen LogP contribution in [0, 0.1) is 13.8 Å². The van der Waals surface area contributed by atoms with Gasteiger partial charge in [-0.25, -0.2) is 0 Å². The van der Waals surface area contributed by atoms with Gasteiger partial charge in [0.15, 0.2) is 5.52 Å². The van der Waals surface area contributed by atoms with Crippen molar-refractivity contribution in [3.63, 3.8) is 0 Å². The maximum Gasteiger partial charge on any atom is 1.00 e. The summed E-state index contributed by atoms with van der Waals surface area (Å²) in [5.74, 6) is 2.09. The molecule has 6 heteroatoms. The van der Waals surface area contributed by atoms with E-state index in [2.05, 4.69) is 20.8 Å². The topological polar surface area (TPSA) is 44.8 Å². The summed E-state index contributed by atoms with van der Waals surface area (Å²) in [6.45, 7) is 12.0. The van der Waals surface area contributed by atoms with Gasteiger partial charge < -0.3 is 15.6 Å². The van der Waals surface area contributed by atoms with Crippen LogP contribution in [0.4, 0.5) is 0 Å². The molecule has 0 heterocycles. The molecule has 0 radical (unpaired) electrons. The summed E-state index contributed by atoms with van der Waals surface area (Å²) in [6, 6.07) is 9.73. The van der Waals surface area contributed by atoms with E-state index in [1.54, 1.807) is 0 Å². The van der Waals surface area contributed by atoms with Crippen molar-refractivity contribution < 1.29 is 39.3 Å². The molecule has 2 aromatic rings. The minimum atomic E-state index is -0.0771. The van der Waals surface area contributed by atoms with Gasteiger partial charge in [0.1, 0.15) is 17.2 Å². The van der Waals surface area contributed by atoms with Crippen molar-refractivity contribution in [2.75, 3.05) is 19.8 Å². The van der Waals surface area contributed by atoms with Crippen molar-refractivity contribution in [2.24, 2.45) is 0 Å². The normalized spacial score (nSPS) is 10.7. The molecule has 0 spiro atoms. The number of carbonyl (C=O) groups is 1. The second-order valence-corrected chi connectivity index (χ2v) is 8.26. The molecule has 1 unspecified atom stereocenters. The third kappa shape index (κ3) is 7.35. The maximum absolute atomic E-state index is 13.2.